The Kier molecular flexibility index (Phi) is 3.82. The van der Waals surface area contributed by atoms with Crippen molar-refractivity contribution >= 4 is 5.91 Å². The molecule has 2 aliphatic heterocycles. The molecular formula is C12H23N3O. The average molecular weight is 225 g/mol. The summed E-state index contributed by atoms with van der Waals surface area (Å²) in [6.45, 7) is 5.59. The van der Waals surface area contributed by atoms with Crippen molar-refractivity contribution < 1.29 is 4.79 Å². The van der Waals surface area contributed by atoms with Crippen molar-refractivity contribution in [2.75, 3.05) is 26.2 Å². The van der Waals surface area contributed by atoms with Crippen molar-refractivity contribution in [1.29, 1.82) is 0 Å². The predicted octanol–water partition coefficient (Wildman–Crippen LogP) is 0.182. The highest BCUT2D eigenvalue weighted by Crippen LogP contribution is 2.24. The lowest BCUT2D eigenvalue weighted by Gasteiger charge is -2.39. The number of likely N-dealkylation sites (tertiary alicyclic amines) is 1. The molecule has 4 nitrogen and oxygen atoms in total. The van der Waals surface area contributed by atoms with E-state index in [9.17, 15) is 4.79 Å². The summed E-state index contributed by atoms with van der Waals surface area (Å²) in [7, 11) is 0. The van der Waals surface area contributed by atoms with Crippen LogP contribution in [0.25, 0.3) is 0 Å². The molecule has 92 valence electrons. The Hall–Kier alpha value is -0.610. The molecule has 2 fully saturated rings. The van der Waals surface area contributed by atoms with Crippen LogP contribution in [0.5, 0.6) is 0 Å². The summed E-state index contributed by atoms with van der Waals surface area (Å²) in [6, 6.07) is 0.275. The van der Waals surface area contributed by atoms with E-state index in [4.69, 9.17) is 5.73 Å². The first kappa shape index (κ1) is 11.9. The third kappa shape index (κ3) is 2.38. The van der Waals surface area contributed by atoms with Gasteiger partial charge in [0.2, 0.25) is 5.91 Å². The van der Waals surface area contributed by atoms with E-state index in [0.29, 0.717) is 18.4 Å². The van der Waals surface area contributed by atoms with Crippen molar-refractivity contribution in [3.8, 4) is 0 Å². The zero-order chi connectivity index (χ0) is 11.5. The highest BCUT2D eigenvalue weighted by atomic mass is 16.2. The van der Waals surface area contributed by atoms with Crippen molar-refractivity contribution in [1.82, 2.24) is 10.2 Å². The molecule has 0 radical (unpaired) electrons. The second-order valence-corrected chi connectivity index (χ2v) is 5.24. The lowest BCUT2D eigenvalue weighted by atomic mass is 9.91. The first-order chi connectivity index (χ1) is 7.72. The molecule has 4 heteroatoms. The zero-order valence-electron chi connectivity index (χ0n) is 10.1. The second kappa shape index (κ2) is 5.15. The van der Waals surface area contributed by atoms with E-state index in [1.807, 2.05) is 4.90 Å². The molecule has 1 amide bonds. The van der Waals surface area contributed by atoms with Gasteiger partial charge in [-0.1, -0.05) is 6.92 Å². The largest absolute Gasteiger partial charge is 0.338 e. The SMILES string of the molecule is CC1CCN(C(=O)[C@H]2CCNC2)C(CN)C1. The van der Waals surface area contributed by atoms with E-state index >= 15 is 0 Å². The molecule has 16 heavy (non-hydrogen) atoms. The molecule has 2 aliphatic rings. The van der Waals surface area contributed by atoms with Crippen LogP contribution in [-0.2, 0) is 4.79 Å². The maximum atomic E-state index is 12.3. The fraction of sp³-hybridized carbons (Fsp3) is 0.917. The van der Waals surface area contributed by atoms with Gasteiger partial charge in [-0.2, -0.15) is 0 Å². The van der Waals surface area contributed by atoms with Crippen LogP contribution in [0.3, 0.4) is 0 Å². The molecule has 0 saturated carbocycles. The van der Waals surface area contributed by atoms with E-state index < -0.39 is 0 Å². The molecule has 2 heterocycles. The van der Waals surface area contributed by atoms with Crippen molar-refractivity contribution in [2.45, 2.75) is 32.2 Å². The first-order valence-electron chi connectivity index (χ1n) is 6.43. The van der Waals surface area contributed by atoms with Gasteiger partial charge in [0.25, 0.3) is 0 Å². The zero-order valence-corrected chi connectivity index (χ0v) is 10.1. The summed E-state index contributed by atoms with van der Waals surface area (Å²) in [4.78, 5) is 14.3. The van der Waals surface area contributed by atoms with Gasteiger partial charge in [-0.15, -0.1) is 0 Å². The van der Waals surface area contributed by atoms with Crippen molar-refractivity contribution in [3.05, 3.63) is 0 Å². The Balaban J connectivity index is 1.98. The summed E-state index contributed by atoms with van der Waals surface area (Å²) in [5, 5.41) is 3.26. The molecule has 3 N–H and O–H groups in total. The summed E-state index contributed by atoms with van der Waals surface area (Å²) in [6.07, 6.45) is 3.19. The Morgan fingerprint density at radius 3 is 2.94 bits per heavy atom. The third-order valence-corrected chi connectivity index (χ3v) is 3.94. The number of carbonyl (C=O) groups excluding carboxylic acids is 1. The number of nitrogens with two attached hydrogens (primary N) is 1. The number of hydrogen-bond donors (Lipinski definition) is 2. The Morgan fingerprint density at radius 1 is 1.50 bits per heavy atom. The van der Waals surface area contributed by atoms with E-state index in [-0.39, 0.29) is 12.0 Å². The lowest BCUT2D eigenvalue weighted by molar-refractivity contribution is -0.139. The third-order valence-electron chi connectivity index (χ3n) is 3.94. The van der Waals surface area contributed by atoms with Crippen molar-refractivity contribution in [3.63, 3.8) is 0 Å². The van der Waals surface area contributed by atoms with Gasteiger partial charge in [-0.05, 0) is 31.7 Å². The minimum absolute atomic E-state index is 0.197. The lowest BCUT2D eigenvalue weighted by Crippen LogP contribution is -2.51. The highest BCUT2D eigenvalue weighted by molar-refractivity contribution is 5.79. The van der Waals surface area contributed by atoms with E-state index in [1.165, 1.54) is 0 Å². The summed E-state index contributed by atoms with van der Waals surface area (Å²) >= 11 is 0. The minimum atomic E-state index is 0.197. The normalized spacial score (nSPS) is 35.4. The molecule has 2 saturated heterocycles. The molecule has 3 atom stereocenters. The Labute approximate surface area is 97.6 Å². The monoisotopic (exact) mass is 225 g/mol. The number of amides is 1. The Bertz CT molecular complexity index is 251. The van der Waals surface area contributed by atoms with Crippen molar-refractivity contribution in [2.24, 2.45) is 17.6 Å². The van der Waals surface area contributed by atoms with E-state index in [1.54, 1.807) is 0 Å². The van der Waals surface area contributed by atoms with Gasteiger partial charge < -0.3 is 16.0 Å². The maximum absolute atomic E-state index is 12.3. The van der Waals surface area contributed by atoms with Crippen LogP contribution >= 0.6 is 0 Å². The molecule has 0 aromatic rings. The topological polar surface area (TPSA) is 58.4 Å². The molecule has 0 aliphatic carbocycles. The van der Waals surface area contributed by atoms with Crippen LogP contribution in [0.15, 0.2) is 0 Å². The van der Waals surface area contributed by atoms with Gasteiger partial charge >= 0.3 is 0 Å². The number of nitrogens with zero attached hydrogens (tertiary/aromatic N) is 1. The summed E-state index contributed by atoms with van der Waals surface area (Å²) in [5.41, 5.74) is 5.78. The number of carbonyl (C=O) groups is 1. The van der Waals surface area contributed by atoms with Crippen LogP contribution in [0.1, 0.15) is 26.2 Å². The second-order valence-electron chi connectivity index (χ2n) is 5.24. The number of nitrogens with one attached hydrogen (secondary N) is 1. The molecule has 2 unspecified atom stereocenters. The van der Waals surface area contributed by atoms with Gasteiger partial charge in [0, 0.05) is 25.7 Å². The van der Waals surface area contributed by atoms with Crippen LogP contribution in [0.4, 0.5) is 0 Å². The summed E-state index contributed by atoms with van der Waals surface area (Å²) < 4.78 is 0. The van der Waals surface area contributed by atoms with Crippen LogP contribution in [0.2, 0.25) is 0 Å². The van der Waals surface area contributed by atoms with Gasteiger partial charge in [0.15, 0.2) is 0 Å². The highest BCUT2D eigenvalue weighted by Gasteiger charge is 2.33. The van der Waals surface area contributed by atoms with Gasteiger partial charge in [-0.3, -0.25) is 4.79 Å². The Morgan fingerprint density at radius 2 is 2.31 bits per heavy atom. The minimum Gasteiger partial charge on any atom is -0.338 e. The van der Waals surface area contributed by atoms with E-state index in [0.717, 1.165) is 38.9 Å². The predicted molar refractivity (Wildman–Crippen MR) is 63.9 cm³/mol. The van der Waals surface area contributed by atoms with Crippen LogP contribution in [0, 0.1) is 11.8 Å². The molecule has 0 bridgehead atoms. The number of piperidine rings is 1. The van der Waals surface area contributed by atoms with Gasteiger partial charge in [-0.25, -0.2) is 0 Å². The smallest absolute Gasteiger partial charge is 0.227 e. The van der Waals surface area contributed by atoms with E-state index in [2.05, 4.69) is 12.2 Å². The molecular weight excluding hydrogens is 202 g/mol. The quantitative estimate of drug-likeness (QED) is 0.705. The first-order valence-corrected chi connectivity index (χ1v) is 6.43. The molecule has 0 spiro atoms. The fourth-order valence-electron chi connectivity index (χ4n) is 2.87. The number of hydrogen-bond acceptors (Lipinski definition) is 3. The average Bonchev–Trinajstić information content (AvgIpc) is 2.81. The van der Waals surface area contributed by atoms with Crippen LogP contribution < -0.4 is 11.1 Å². The van der Waals surface area contributed by atoms with Gasteiger partial charge in [0.05, 0.1) is 5.92 Å². The maximum Gasteiger partial charge on any atom is 0.227 e. The molecule has 0 aromatic carbocycles. The molecule has 2 rings (SSSR count). The number of rotatable bonds is 2. The van der Waals surface area contributed by atoms with Crippen LogP contribution in [-0.4, -0.2) is 43.0 Å². The standard InChI is InChI=1S/C12H23N3O/c1-9-3-5-15(11(6-9)7-13)12(16)10-2-4-14-8-10/h9-11,14H,2-8,13H2,1H3/t9?,10-,11?/m0/s1. The van der Waals surface area contributed by atoms with Gasteiger partial charge in [0.1, 0.15) is 0 Å². The summed E-state index contributed by atoms with van der Waals surface area (Å²) in [5.74, 6) is 1.23. The fourth-order valence-corrected chi connectivity index (χ4v) is 2.87. The molecule has 0 aromatic heterocycles.